The number of rotatable bonds is 4. The molecule has 0 saturated carbocycles. The van der Waals surface area contributed by atoms with E-state index in [1.807, 2.05) is 12.1 Å². The monoisotopic (exact) mass is 342 g/mol. The van der Waals surface area contributed by atoms with Crippen molar-refractivity contribution in [1.82, 2.24) is 9.88 Å². The Kier molecular flexibility index (Phi) is 4.96. The van der Waals surface area contributed by atoms with Gasteiger partial charge < -0.3 is 15.0 Å². The summed E-state index contributed by atoms with van der Waals surface area (Å²) in [6.07, 6.45) is 3.93. The molecule has 7 heteroatoms. The van der Waals surface area contributed by atoms with E-state index in [0.29, 0.717) is 38.2 Å². The predicted molar refractivity (Wildman–Crippen MR) is 91.7 cm³/mol. The van der Waals surface area contributed by atoms with Crippen LogP contribution in [0.4, 0.5) is 9.80 Å². The van der Waals surface area contributed by atoms with Crippen molar-refractivity contribution in [2.75, 3.05) is 18.5 Å². The Bertz CT molecular complexity index is 767. The first-order chi connectivity index (χ1) is 11.7. The number of hydrogen-bond acceptors (Lipinski definition) is 6. The van der Waals surface area contributed by atoms with E-state index >= 15 is 0 Å². The highest BCUT2D eigenvalue weighted by Gasteiger charge is 2.27. The van der Waals surface area contributed by atoms with E-state index in [1.54, 1.807) is 35.6 Å². The van der Waals surface area contributed by atoms with Crippen LogP contribution in [0, 0.1) is 11.3 Å². The maximum atomic E-state index is 11.9. The number of fused-ring (bicyclic) bond motifs is 1. The number of nitrogens with zero attached hydrogens (tertiary/aromatic N) is 3. The molecule has 2 aromatic heterocycles. The molecular weight excluding hydrogens is 324 g/mol. The minimum Gasteiger partial charge on any atom is -0.450 e. The Balaban J connectivity index is 1.76. The number of ether oxygens (including phenoxy) is 1. The van der Waals surface area contributed by atoms with Crippen LogP contribution in [0.25, 0.3) is 0 Å². The first-order valence-electron chi connectivity index (χ1n) is 7.82. The van der Waals surface area contributed by atoms with Gasteiger partial charge in [0.1, 0.15) is 11.1 Å². The van der Waals surface area contributed by atoms with Gasteiger partial charge in [0.25, 0.3) is 0 Å². The molecule has 124 valence electrons. The average molecular weight is 342 g/mol. The normalized spacial score (nSPS) is 13.1. The van der Waals surface area contributed by atoms with Crippen molar-refractivity contribution in [1.29, 1.82) is 5.26 Å². The predicted octanol–water partition coefficient (Wildman–Crippen LogP) is 3.14. The molecule has 0 aliphatic carbocycles. The van der Waals surface area contributed by atoms with E-state index < -0.39 is 0 Å². The van der Waals surface area contributed by atoms with Crippen LogP contribution in [0.1, 0.15) is 28.5 Å². The number of pyridine rings is 1. The molecule has 0 bridgehead atoms. The Morgan fingerprint density at radius 2 is 2.46 bits per heavy atom. The fourth-order valence-electron chi connectivity index (χ4n) is 2.70. The van der Waals surface area contributed by atoms with Crippen LogP contribution in [-0.4, -0.2) is 29.1 Å². The summed E-state index contributed by atoms with van der Waals surface area (Å²) >= 11 is 1.54. The number of thiophene rings is 1. The minimum absolute atomic E-state index is 0.292. The Morgan fingerprint density at radius 1 is 1.58 bits per heavy atom. The lowest BCUT2D eigenvalue weighted by atomic mass is 10.0. The van der Waals surface area contributed by atoms with Gasteiger partial charge in [0, 0.05) is 30.4 Å². The minimum atomic E-state index is -0.292. The lowest BCUT2D eigenvalue weighted by molar-refractivity contribution is 0.103. The van der Waals surface area contributed by atoms with Crippen molar-refractivity contribution < 1.29 is 9.53 Å². The van der Waals surface area contributed by atoms with E-state index in [9.17, 15) is 10.1 Å². The maximum Gasteiger partial charge on any atom is 0.410 e. The van der Waals surface area contributed by atoms with Gasteiger partial charge in [-0.15, -0.1) is 11.3 Å². The van der Waals surface area contributed by atoms with Gasteiger partial charge in [-0.25, -0.2) is 4.79 Å². The number of nitriles is 1. The summed E-state index contributed by atoms with van der Waals surface area (Å²) in [5.41, 5.74) is 2.81. The number of carbonyl (C=O) groups is 1. The summed E-state index contributed by atoms with van der Waals surface area (Å²) in [7, 11) is 0. The molecular formula is C17H18N4O2S. The van der Waals surface area contributed by atoms with E-state index in [4.69, 9.17) is 4.74 Å². The summed E-state index contributed by atoms with van der Waals surface area (Å²) in [5.74, 6) is 0. The van der Waals surface area contributed by atoms with Gasteiger partial charge in [0.05, 0.1) is 18.7 Å². The zero-order valence-corrected chi connectivity index (χ0v) is 14.2. The Morgan fingerprint density at radius 3 is 3.17 bits per heavy atom. The number of amides is 1. The van der Waals surface area contributed by atoms with Gasteiger partial charge in [0.2, 0.25) is 0 Å². The van der Waals surface area contributed by atoms with Crippen LogP contribution in [0.5, 0.6) is 0 Å². The number of carbonyl (C=O) groups excluding carboxylic acids is 1. The zero-order chi connectivity index (χ0) is 16.9. The topological polar surface area (TPSA) is 78.2 Å². The quantitative estimate of drug-likeness (QED) is 0.923. The molecule has 1 aliphatic heterocycles. The van der Waals surface area contributed by atoms with Gasteiger partial charge in [-0.05, 0) is 30.5 Å². The molecule has 24 heavy (non-hydrogen) atoms. The smallest absolute Gasteiger partial charge is 0.410 e. The van der Waals surface area contributed by atoms with Crippen LogP contribution < -0.4 is 5.32 Å². The molecule has 3 rings (SSSR count). The molecule has 0 fully saturated rings. The number of hydrogen-bond donors (Lipinski definition) is 1. The summed E-state index contributed by atoms with van der Waals surface area (Å²) in [4.78, 5) is 18.7. The van der Waals surface area contributed by atoms with Gasteiger partial charge >= 0.3 is 6.09 Å². The second kappa shape index (κ2) is 7.32. The summed E-state index contributed by atoms with van der Waals surface area (Å²) in [5, 5.41) is 13.7. The standard InChI is InChI=1S/C17H18N4O2S/c1-2-23-17(22)21-7-5-13-14(8-18)16(24-15(13)11-21)20-10-12-4-3-6-19-9-12/h3-4,6,9,20H,2,5,7,10-11H2,1H3. The second-order valence-corrected chi connectivity index (χ2v) is 6.51. The van der Waals surface area contributed by atoms with Crippen molar-refractivity contribution >= 4 is 22.4 Å². The lowest BCUT2D eigenvalue weighted by Gasteiger charge is -2.25. The van der Waals surface area contributed by atoms with Crippen LogP contribution in [0.15, 0.2) is 24.5 Å². The van der Waals surface area contributed by atoms with Crippen LogP contribution in [0.3, 0.4) is 0 Å². The summed E-state index contributed by atoms with van der Waals surface area (Å²) in [6.45, 7) is 3.87. The van der Waals surface area contributed by atoms with E-state index in [2.05, 4.69) is 16.4 Å². The molecule has 0 spiro atoms. The molecule has 1 amide bonds. The Labute approximate surface area is 144 Å². The third-order valence-electron chi connectivity index (χ3n) is 3.87. The molecule has 0 atom stereocenters. The van der Waals surface area contributed by atoms with Crippen LogP contribution in [0.2, 0.25) is 0 Å². The molecule has 1 aliphatic rings. The van der Waals surface area contributed by atoms with Crippen molar-refractivity contribution in [3.63, 3.8) is 0 Å². The van der Waals surface area contributed by atoms with Gasteiger partial charge in [-0.3, -0.25) is 4.98 Å². The molecule has 2 aromatic rings. The van der Waals surface area contributed by atoms with Crippen molar-refractivity contribution in [2.45, 2.75) is 26.4 Å². The average Bonchev–Trinajstić information content (AvgIpc) is 2.97. The van der Waals surface area contributed by atoms with Crippen LogP contribution in [-0.2, 0) is 24.2 Å². The fraction of sp³-hybridized carbons (Fsp3) is 0.353. The number of aromatic nitrogens is 1. The van der Waals surface area contributed by atoms with E-state index in [-0.39, 0.29) is 6.09 Å². The number of anilines is 1. The first kappa shape index (κ1) is 16.3. The third-order valence-corrected chi connectivity index (χ3v) is 5.05. The highest BCUT2D eigenvalue weighted by atomic mass is 32.1. The molecule has 1 N–H and O–H groups in total. The third kappa shape index (κ3) is 3.34. The van der Waals surface area contributed by atoms with Gasteiger partial charge in [-0.2, -0.15) is 5.26 Å². The zero-order valence-electron chi connectivity index (χ0n) is 13.4. The largest absolute Gasteiger partial charge is 0.450 e. The molecule has 0 aromatic carbocycles. The van der Waals surface area contributed by atoms with Crippen molar-refractivity contribution in [3.05, 3.63) is 46.1 Å². The second-order valence-electron chi connectivity index (χ2n) is 5.41. The van der Waals surface area contributed by atoms with Crippen molar-refractivity contribution in [2.24, 2.45) is 0 Å². The summed E-state index contributed by atoms with van der Waals surface area (Å²) in [6, 6.07) is 6.18. The highest BCUT2D eigenvalue weighted by Crippen LogP contribution is 2.37. The van der Waals surface area contributed by atoms with E-state index in [1.165, 1.54) is 0 Å². The molecule has 0 radical (unpaired) electrons. The van der Waals surface area contributed by atoms with Gasteiger partial charge in [-0.1, -0.05) is 6.07 Å². The summed E-state index contributed by atoms with van der Waals surface area (Å²) < 4.78 is 5.07. The molecule has 6 nitrogen and oxygen atoms in total. The molecule has 0 saturated heterocycles. The van der Waals surface area contributed by atoms with Gasteiger partial charge in [0.15, 0.2) is 0 Å². The lowest BCUT2D eigenvalue weighted by Crippen LogP contribution is -2.35. The SMILES string of the molecule is CCOC(=O)N1CCc2c(sc(NCc3cccnc3)c2C#N)C1. The first-order valence-corrected chi connectivity index (χ1v) is 8.63. The molecule has 3 heterocycles. The highest BCUT2D eigenvalue weighted by molar-refractivity contribution is 7.16. The maximum absolute atomic E-state index is 11.9. The van der Waals surface area contributed by atoms with E-state index in [0.717, 1.165) is 21.0 Å². The number of nitrogens with one attached hydrogen (secondary N) is 1. The van der Waals surface area contributed by atoms with Crippen molar-refractivity contribution in [3.8, 4) is 6.07 Å². The fourth-order valence-corrected chi connectivity index (χ4v) is 3.91. The molecule has 0 unspecified atom stereocenters. The van der Waals surface area contributed by atoms with Crippen LogP contribution >= 0.6 is 11.3 Å². The Hall–Kier alpha value is -2.59.